The molecule has 1 fully saturated rings. The third-order valence-corrected chi connectivity index (χ3v) is 4.44. The molecule has 4 rings (SSSR count). The summed E-state index contributed by atoms with van der Waals surface area (Å²) < 4.78 is 5.49. The van der Waals surface area contributed by atoms with Crippen molar-refractivity contribution >= 4 is 28.2 Å². The smallest absolute Gasteiger partial charge is 0.0730 e. The molecule has 0 unspecified atom stereocenters. The number of nitrogens with zero attached hydrogens (tertiary/aromatic N) is 2. The molecule has 2 aromatic carbocycles. The van der Waals surface area contributed by atoms with Crippen LogP contribution in [-0.4, -0.2) is 31.3 Å². The van der Waals surface area contributed by atoms with E-state index in [2.05, 4.69) is 29.2 Å². The highest BCUT2D eigenvalue weighted by molar-refractivity contribution is 6.30. The molecule has 0 atom stereocenters. The quantitative estimate of drug-likeness (QED) is 0.699. The fourth-order valence-corrected chi connectivity index (χ4v) is 3.12. The lowest BCUT2D eigenvalue weighted by Gasteiger charge is -2.30. The number of pyridine rings is 1. The van der Waals surface area contributed by atoms with Crippen LogP contribution in [0.1, 0.15) is 0 Å². The molecule has 1 saturated heterocycles. The number of halogens is 1. The van der Waals surface area contributed by atoms with Crippen molar-refractivity contribution in [3.05, 3.63) is 59.6 Å². The van der Waals surface area contributed by atoms with Crippen LogP contribution in [0.2, 0.25) is 5.02 Å². The van der Waals surface area contributed by atoms with E-state index in [0.29, 0.717) is 0 Å². The van der Waals surface area contributed by atoms with Crippen LogP contribution in [0.25, 0.3) is 22.2 Å². The van der Waals surface area contributed by atoms with Crippen molar-refractivity contribution in [2.45, 2.75) is 0 Å². The van der Waals surface area contributed by atoms with Crippen LogP contribution in [-0.2, 0) is 4.74 Å². The highest BCUT2D eigenvalue weighted by atomic mass is 35.5. The van der Waals surface area contributed by atoms with Crippen molar-refractivity contribution in [3.8, 4) is 11.3 Å². The molecule has 116 valence electrons. The second kappa shape index (κ2) is 6.19. The largest absolute Gasteiger partial charge is 0.378 e. The SMILES string of the molecule is Clc1ccc(-c2cc(N3CCOCC3)c3ccccc3n2)cc1. The molecule has 1 aromatic heterocycles. The standard InChI is InChI=1S/C19H17ClN2O/c20-15-7-5-14(6-8-15)18-13-19(22-9-11-23-12-10-22)16-3-1-2-4-17(16)21-18/h1-8,13H,9-12H2. The molecule has 0 aliphatic carbocycles. The third kappa shape index (κ3) is 2.90. The average molecular weight is 325 g/mol. The minimum absolute atomic E-state index is 0.739. The van der Waals surface area contributed by atoms with E-state index in [4.69, 9.17) is 21.3 Å². The van der Waals surface area contributed by atoms with Crippen molar-refractivity contribution in [2.24, 2.45) is 0 Å². The first-order chi connectivity index (χ1) is 11.3. The lowest BCUT2D eigenvalue weighted by atomic mass is 10.1. The number of rotatable bonds is 2. The molecule has 1 aliphatic rings. The molecule has 0 saturated carbocycles. The number of benzene rings is 2. The Morgan fingerprint density at radius 1 is 0.957 bits per heavy atom. The van der Waals surface area contributed by atoms with Gasteiger partial charge in [-0.3, -0.25) is 0 Å². The van der Waals surface area contributed by atoms with E-state index in [1.165, 1.54) is 11.1 Å². The summed E-state index contributed by atoms with van der Waals surface area (Å²) in [6.45, 7) is 3.36. The van der Waals surface area contributed by atoms with E-state index in [1.807, 2.05) is 30.3 Å². The van der Waals surface area contributed by atoms with E-state index in [0.717, 1.165) is 48.1 Å². The first-order valence-corrected chi connectivity index (χ1v) is 8.17. The van der Waals surface area contributed by atoms with Crippen molar-refractivity contribution in [2.75, 3.05) is 31.2 Å². The second-order valence-corrected chi connectivity index (χ2v) is 6.09. The van der Waals surface area contributed by atoms with E-state index >= 15 is 0 Å². The van der Waals surface area contributed by atoms with Gasteiger partial charge in [0.15, 0.2) is 0 Å². The molecule has 1 aliphatic heterocycles. The van der Waals surface area contributed by atoms with E-state index in [9.17, 15) is 0 Å². The Morgan fingerprint density at radius 3 is 2.48 bits per heavy atom. The molecule has 2 heterocycles. The van der Waals surface area contributed by atoms with Gasteiger partial charge in [-0.1, -0.05) is 41.9 Å². The van der Waals surface area contributed by atoms with Gasteiger partial charge in [-0.25, -0.2) is 4.98 Å². The van der Waals surface area contributed by atoms with Gasteiger partial charge in [0.05, 0.1) is 24.4 Å². The van der Waals surface area contributed by atoms with Gasteiger partial charge in [-0.05, 0) is 24.3 Å². The number of para-hydroxylation sites is 1. The predicted molar refractivity (Wildman–Crippen MR) is 95.2 cm³/mol. The van der Waals surface area contributed by atoms with Crippen LogP contribution < -0.4 is 4.90 Å². The maximum atomic E-state index is 6.00. The maximum Gasteiger partial charge on any atom is 0.0730 e. The topological polar surface area (TPSA) is 25.4 Å². The van der Waals surface area contributed by atoms with Gasteiger partial charge in [-0.15, -0.1) is 0 Å². The molecule has 0 N–H and O–H groups in total. The van der Waals surface area contributed by atoms with Crippen LogP contribution in [0, 0.1) is 0 Å². The predicted octanol–water partition coefficient (Wildman–Crippen LogP) is 4.39. The molecule has 3 nitrogen and oxygen atoms in total. The van der Waals surface area contributed by atoms with E-state index in [-0.39, 0.29) is 0 Å². The number of aromatic nitrogens is 1. The van der Waals surface area contributed by atoms with Crippen LogP contribution in [0.4, 0.5) is 5.69 Å². The first-order valence-electron chi connectivity index (χ1n) is 7.80. The molecule has 0 amide bonds. The Morgan fingerprint density at radius 2 is 1.70 bits per heavy atom. The highest BCUT2D eigenvalue weighted by Crippen LogP contribution is 2.31. The van der Waals surface area contributed by atoms with Gasteiger partial charge in [-0.2, -0.15) is 0 Å². The summed E-state index contributed by atoms with van der Waals surface area (Å²) in [4.78, 5) is 7.21. The van der Waals surface area contributed by atoms with Gasteiger partial charge in [0, 0.05) is 34.7 Å². The lowest BCUT2D eigenvalue weighted by Crippen LogP contribution is -2.36. The number of ether oxygens (including phenoxy) is 1. The van der Waals surface area contributed by atoms with E-state index < -0.39 is 0 Å². The van der Waals surface area contributed by atoms with Gasteiger partial charge in [0.25, 0.3) is 0 Å². The summed E-state index contributed by atoms with van der Waals surface area (Å²) >= 11 is 6.00. The summed E-state index contributed by atoms with van der Waals surface area (Å²) in [5.74, 6) is 0. The molecule has 23 heavy (non-hydrogen) atoms. The minimum atomic E-state index is 0.739. The fraction of sp³-hybridized carbons (Fsp3) is 0.211. The molecule has 0 bridgehead atoms. The second-order valence-electron chi connectivity index (χ2n) is 5.65. The number of hydrogen-bond acceptors (Lipinski definition) is 3. The van der Waals surface area contributed by atoms with Crippen molar-refractivity contribution in [1.82, 2.24) is 4.98 Å². The molecule has 4 heteroatoms. The van der Waals surface area contributed by atoms with E-state index in [1.54, 1.807) is 0 Å². The van der Waals surface area contributed by atoms with Crippen LogP contribution >= 0.6 is 11.6 Å². The molecular formula is C19H17ClN2O. The summed E-state index contributed by atoms with van der Waals surface area (Å²) in [6.07, 6.45) is 0. The maximum absolute atomic E-state index is 6.00. The Kier molecular flexibility index (Phi) is 3.90. The Labute approximate surface area is 140 Å². The minimum Gasteiger partial charge on any atom is -0.378 e. The summed E-state index contributed by atoms with van der Waals surface area (Å²) in [5.41, 5.74) is 4.29. The molecule has 0 spiro atoms. The summed E-state index contributed by atoms with van der Waals surface area (Å²) in [5, 5.41) is 1.93. The van der Waals surface area contributed by atoms with Gasteiger partial charge in [0.1, 0.15) is 0 Å². The van der Waals surface area contributed by atoms with Gasteiger partial charge < -0.3 is 9.64 Å². The zero-order valence-electron chi connectivity index (χ0n) is 12.7. The van der Waals surface area contributed by atoms with Gasteiger partial charge >= 0.3 is 0 Å². The number of hydrogen-bond donors (Lipinski definition) is 0. The monoisotopic (exact) mass is 324 g/mol. The zero-order valence-corrected chi connectivity index (χ0v) is 13.5. The van der Waals surface area contributed by atoms with Crippen molar-refractivity contribution in [1.29, 1.82) is 0 Å². The Balaban J connectivity index is 1.87. The number of anilines is 1. The molecule has 3 aromatic rings. The third-order valence-electron chi connectivity index (χ3n) is 4.19. The number of morpholine rings is 1. The molecule has 0 radical (unpaired) electrons. The summed E-state index contributed by atoms with van der Waals surface area (Å²) in [7, 11) is 0. The normalized spacial score (nSPS) is 15.1. The van der Waals surface area contributed by atoms with Gasteiger partial charge in [0.2, 0.25) is 0 Å². The fourth-order valence-electron chi connectivity index (χ4n) is 2.99. The average Bonchev–Trinajstić information content (AvgIpc) is 2.62. The zero-order chi connectivity index (χ0) is 15.6. The van der Waals surface area contributed by atoms with Crippen molar-refractivity contribution < 1.29 is 4.74 Å². The van der Waals surface area contributed by atoms with Crippen LogP contribution in [0.15, 0.2) is 54.6 Å². The van der Waals surface area contributed by atoms with Crippen LogP contribution in [0.5, 0.6) is 0 Å². The lowest BCUT2D eigenvalue weighted by molar-refractivity contribution is 0.123. The Hall–Kier alpha value is -2.10. The summed E-state index contributed by atoms with van der Waals surface area (Å²) in [6, 6.07) is 18.3. The number of fused-ring (bicyclic) bond motifs is 1. The van der Waals surface area contributed by atoms with Crippen LogP contribution in [0.3, 0.4) is 0 Å². The van der Waals surface area contributed by atoms with Crippen molar-refractivity contribution in [3.63, 3.8) is 0 Å². The Bertz CT molecular complexity index is 826. The molecular weight excluding hydrogens is 308 g/mol. The first kappa shape index (κ1) is 14.5. The highest BCUT2D eigenvalue weighted by Gasteiger charge is 2.16.